The number of methoxy groups -OCH3 is 1. The predicted molar refractivity (Wildman–Crippen MR) is 108 cm³/mol. The van der Waals surface area contributed by atoms with Crippen molar-refractivity contribution in [3.05, 3.63) is 64.1 Å². The highest BCUT2D eigenvalue weighted by molar-refractivity contribution is 9.10. The molecule has 1 heterocycles. The summed E-state index contributed by atoms with van der Waals surface area (Å²) in [7, 11) is 1.65. The van der Waals surface area contributed by atoms with Crippen molar-refractivity contribution in [2.45, 2.75) is 18.3 Å². The van der Waals surface area contributed by atoms with Gasteiger partial charge in [0.25, 0.3) is 0 Å². The van der Waals surface area contributed by atoms with Gasteiger partial charge >= 0.3 is 6.09 Å². The lowest BCUT2D eigenvalue weighted by Crippen LogP contribution is -2.45. The smallest absolute Gasteiger partial charge is 0.407 e. The molecule has 0 aliphatic carbocycles. The molecular formula is C21H24BrNO4. The molecule has 1 aliphatic heterocycles. The van der Waals surface area contributed by atoms with Gasteiger partial charge in [-0.15, -0.1) is 0 Å². The molecule has 1 aliphatic rings. The number of nitrogens with zero attached hydrogens (tertiary/aromatic N) is 1. The van der Waals surface area contributed by atoms with Crippen LogP contribution in [0.4, 0.5) is 4.79 Å². The number of piperidine rings is 1. The maximum Gasteiger partial charge on any atom is 0.407 e. The summed E-state index contributed by atoms with van der Waals surface area (Å²) in [5, 5.41) is 9.32. The molecule has 0 atom stereocenters. The normalized spacial score (nSPS) is 16.1. The number of carbonyl (C=O) groups is 1. The minimum Gasteiger partial charge on any atom is -0.491 e. The zero-order chi connectivity index (χ0) is 19.3. The molecule has 2 aromatic carbocycles. The number of hydrogen-bond acceptors (Lipinski definition) is 3. The second-order valence-corrected chi connectivity index (χ2v) is 7.64. The molecule has 0 saturated carbocycles. The topological polar surface area (TPSA) is 59.0 Å². The van der Waals surface area contributed by atoms with Crippen LogP contribution in [0.25, 0.3) is 0 Å². The molecule has 3 rings (SSSR count). The summed E-state index contributed by atoms with van der Waals surface area (Å²) in [5.41, 5.74) is 2.20. The van der Waals surface area contributed by atoms with Crippen LogP contribution in [-0.2, 0) is 10.2 Å². The van der Waals surface area contributed by atoms with Crippen molar-refractivity contribution in [3.8, 4) is 5.75 Å². The first-order valence-corrected chi connectivity index (χ1v) is 9.81. The Morgan fingerprint density at radius 3 is 2.11 bits per heavy atom. The van der Waals surface area contributed by atoms with Crippen LogP contribution in [-0.4, -0.2) is 49.5 Å². The number of rotatable bonds is 6. The van der Waals surface area contributed by atoms with Crippen LogP contribution in [0.1, 0.15) is 24.0 Å². The van der Waals surface area contributed by atoms with E-state index in [2.05, 4.69) is 40.2 Å². The van der Waals surface area contributed by atoms with Crippen molar-refractivity contribution >= 4 is 22.0 Å². The Hall–Kier alpha value is -2.05. The number of ether oxygens (including phenoxy) is 2. The van der Waals surface area contributed by atoms with Gasteiger partial charge in [0, 0.05) is 30.1 Å². The van der Waals surface area contributed by atoms with Gasteiger partial charge in [-0.25, -0.2) is 4.79 Å². The van der Waals surface area contributed by atoms with E-state index in [-0.39, 0.29) is 5.41 Å². The molecule has 0 aromatic heterocycles. The zero-order valence-electron chi connectivity index (χ0n) is 15.4. The molecule has 0 bridgehead atoms. The summed E-state index contributed by atoms with van der Waals surface area (Å²) in [5.74, 6) is 0.810. The highest BCUT2D eigenvalue weighted by Gasteiger charge is 2.39. The van der Waals surface area contributed by atoms with Crippen LogP contribution in [0, 0.1) is 0 Å². The van der Waals surface area contributed by atoms with Gasteiger partial charge in [-0.3, -0.25) is 0 Å². The van der Waals surface area contributed by atoms with Crippen molar-refractivity contribution < 1.29 is 19.4 Å². The van der Waals surface area contributed by atoms with Gasteiger partial charge in [-0.05, 0) is 48.2 Å². The Morgan fingerprint density at radius 1 is 1.04 bits per heavy atom. The Balaban J connectivity index is 1.88. The number of amides is 1. The second kappa shape index (κ2) is 8.76. The number of likely N-dealkylation sites (tertiary alicyclic amines) is 1. The average Bonchev–Trinajstić information content (AvgIpc) is 2.69. The lowest BCUT2D eigenvalue weighted by Gasteiger charge is -2.42. The van der Waals surface area contributed by atoms with Gasteiger partial charge in [-0.1, -0.05) is 40.2 Å². The van der Waals surface area contributed by atoms with Crippen molar-refractivity contribution in [2.75, 3.05) is 33.4 Å². The summed E-state index contributed by atoms with van der Waals surface area (Å²) < 4.78 is 11.7. The molecule has 0 unspecified atom stereocenters. The standard InChI is InChI=1S/C21H24BrNO4/c1-26-14-15-27-19-8-4-17(5-9-19)21(16-2-6-18(22)7-3-16)10-12-23(13-11-21)20(24)25/h2-9H,10-15H2,1H3,(H,24,25). The predicted octanol–water partition coefficient (Wildman–Crippen LogP) is 4.53. The molecule has 0 spiro atoms. The summed E-state index contributed by atoms with van der Waals surface area (Å²) in [6, 6.07) is 16.5. The first-order chi connectivity index (χ1) is 13.0. The minimum absolute atomic E-state index is 0.197. The fraction of sp³-hybridized carbons (Fsp3) is 0.381. The van der Waals surface area contributed by atoms with Crippen molar-refractivity contribution in [3.63, 3.8) is 0 Å². The maximum absolute atomic E-state index is 11.3. The van der Waals surface area contributed by atoms with Crippen molar-refractivity contribution in [1.82, 2.24) is 4.90 Å². The van der Waals surface area contributed by atoms with Gasteiger partial charge in [0.1, 0.15) is 12.4 Å². The second-order valence-electron chi connectivity index (χ2n) is 6.72. The summed E-state index contributed by atoms with van der Waals surface area (Å²) in [6.07, 6.45) is 0.664. The van der Waals surface area contributed by atoms with Crippen LogP contribution in [0.3, 0.4) is 0 Å². The van der Waals surface area contributed by atoms with E-state index in [1.54, 1.807) is 7.11 Å². The van der Waals surface area contributed by atoms with Gasteiger partial charge in [0.15, 0.2) is 0 Å². The number of benzene rings is 2. The van der Waals surface area contributed by atoms with Crippen LogP contribution in [0.2, 0.25) is 0 Å². The SMILES string of the molecule is COCCOc1ccc(C2(c3ccc(Br)cc3)CCN(C(=O)O)CC2)cc1. The van der Waals surface area contributed by atoms with E-state index in [0.29, 0.717) is 26.3 Å². The van der Waals surface area contributed by atoms with Gasteiger partial charge in [0.2, 0.25) is 0 Å². The maximum atomic E-state index is 11.3. The van der Waals surface area contributed by atoms with Crippen LogP contribution >= 0.6 is 15.9 Å². The largest absolute Gasteiger partial charge is 0.491 e. The molecular weight excluding hydrogens is 410 g/mol. The van der Waals surface area contributed by atoms with Crippen molar-refractivity contribution in [1.29, 1.82) is 0 Å². The summed E-state index contributed by atoms with van der Waals surface area (Å²) in [4.78, 5) is 12.8. The molecule has 0 radical (unpaired) electrons. The molecule has 1 saturated heterocycles. The Labute approximate surface area is 168 Å². The van der Waals surface area contributed by atoms with Crippen LogP contribution in [0.15, 0.2) is 53.0 Å². The average molecular weight is 434 g/mol. The number of carboxylic acid groups (broad SMARTS) is 1. The molecule has 144 valence electrons. The third-order valence-corrected chi connectivity index (χ3v) is 5.78. The molecule has 1 amide bonds. The van der Waals surface area contributed by atoms with E-state index >= 15 is 0 Å². The van der Waals surface area contributed by atoms with E-state index < -0.39 is 6.09 Å². The fourth-order valence-corrected chi connectivity index (χ4v) is 3.97. The number of halogens is 1. The highest BCUT2D eigenvalue weighted by atomic mass is 79.9. The zero-order valence-corrected chi connectivity index (χ0v) is 16.9. The first kappa shape index (κ1) is 19.7. The van der Waals surface area contributed by atoms with E-state index in [9.17, 15) is 9.90 Å². The van der Waals surface area contributed by atoms with Crippen molar-refractivity contribution in [2.24, 2.45) is 0 Å². The highest BCUT2D eigenvalue weighted by Crippen LogP contribution is 2.42. The lowest BCUT2D eigenvalue weighted by molar-refractivity contribution is 0.123. The first-order valence-electron chi connectivity index (χ1n) is 9.01. The van der Waals surface area contributed by atoms with E-state index in [4.69, 9.17) is 9.47 Å². The fourth-order valence-electron chi connectivity index (χ4n) is 3.71. The Kier molecular flexibility index (Phi) is 6.39. The summed E-state index contributed by atoms with van der Waals surface area (Å²) >= 11 is 3.50. The monoisotopic (exact) mass is 433 g/mol. The summed E-state index contributed by atoms with van der Waals surface area (Å²) in [6.45, 7) is 2.12. The van der Waals surface area contributed by atoms with E-state index in [1.165, 1.54) is 16.0 Å². The quantitative estimate of drug-likeness (QED) is 0.679. The van der Waals surface area contributed by atoms with E-state index in [0.717, 1.165) is 23.1 Å². The Bertz CT molecular complexity index is 753. The van der Waals surface area contributed by atoms with E-state index in [1.807, 2.05) is 24.3 Å². The third kappa shape index (κ3) is 4.45. The molecule has 1 fully saturated rings. The van der Waals surface area contributed by atoms with Gasteiger partial charge in [-0.2, -0.15) is 0 Å². The van der Waals surface area contributed by atoms with Crippen LogP contribution < -0.4 is 4.74 Å². The number of hydrogen-bond donors (Lipinski definition) is 1. The van der Waals surface area contributed by atoms with Gasteiger partial charge < -0.3 is 19.5 Å². The molecule has 6 heteroatoms. The lowest BCUT2D eigenvalue weighted by atomic mass is 9.68. The van der Waals surface area contributed by atoms with Gasteiger partial charge in [0.05, 0.1) is 6.61 Å². The molecule has 27 heavy (non-hydrogen) atoms. The molecule has 1 N–H and O–H groups in total. The molecule has 5 nitrogen and oxygen atoms in total. The minimum atomic E-state index is -0.846. The Morgan fingerprint density at radius 2 is 1.59 bits per heavy atom. The van der Waals surface area contributed by atoms with Crippen LogP contribution in [0.5, 0.6) is 5.75 Å². The third-order valence-electron chi connectivity index (χ3n) is 5.25. The molecule has 2 aromatic rings.